The quantitative estimate of drug-likeness (QED) is 0.800. The predicted octanol–water partition coefficient (Wildman–Crippen LogP) is 2.86. The molecule has 4 nitrogen and oxygen atoms in total. The molecule has 1 N–H and O–H groups in total. The number of para-hydroxylation sites is 2. The van der Waals surface area contributed by atoms with Crippen LogP contribution >= 0.6 is 0 Å². The molecule has 0 amide bonds. The average molecular weight is 282 g/mol. The number of fused-ring (bicyclic) bond motifs is 1. The van der Waals surface area contributed by atoms with Crippen LogP contribution in [0.2, 0.25) is 0 Å². The van der Waals surface area contributed by atoms with Crippen LogP contribution in [0.1, 0.15) is 17.5 Å². The van der Waals surface area contributed by atoms with E-state index in [0.29, 0.717) is 6.42 Å². The Bertz CT molecular complexity index is 764. The normalized spacial score (nSPS) is 12.5. The number of aryl methyl sites for hydroxylation is 1. The van der Waals surface area contributed by atoms with Gasteiger partial charge in [-0.05, 0) is 29.8 Å². The Morgan fingerprint density at radius 3 is 2.76 bits per heavy atom. The molecule has 1 heterocycles. The maximum Gasteiger partial charge on any atom is 0.119 e. The van der Waals surface area contributed by atoms with E-state index in [1.165, 1.54) is 0 Å². The Morgan fingerprint density at radius 2 is 2.00 bits per heavy atom. The molecule has 0 aliphatic carbocycles. The van der Waals surface area contributed by atoms with Gasteiger partial charge in [-0.2, -0.15) is 0 Å². The first-order chi connectivity index (χ1) is 10.2. The second-order valence-corrected chi connectivity index (χ2v) is 5.07. The molecule has 0 saturated heterocycles. The van der Waals surface area contributed by atoms with E-state index in [1.807, 2.05) is 60.1 Å². The van der Waals surface area contributed by atoms with Gasteiger partial charge in [-0.1, -0.05) is 24.3 Å². The largest absolute Gasteiger partial charge is 0.497 e. The highest BCUT2D eigenvalue weighted by molar-refractivity contribution is 5.75. The maximum atomic E-state index is 10.4. The summed E-state index contributed by atoms with van der Waals surface area (Å²) >= 11 is 0. The Kier molecular flexibility index (Phi) is 3.62. The van der Waals surface area contributed by atoms with Crippen molar-refractivity contribution < 1.29 is 9.84 Å². The van der Waals surface area contributed by atoms with E-state index >= 15 is 0 Å². The molecule has 3 rings (SSSR count). The van der Waals surface area contributed by atoms with Crippen molar-refractivity contribution in [3.8, 4) is 5.75 Å². The molecule has 1 unspecified atom stereocenters. The third-order valence-corrected chi connectivity index (χ3v) is 3.73. The molecule has 1 atom stereocenters. The zero-order valence-corrected chi connectivity index (χ0v) is 12.2. The van der Waals surface area contributed by atoms with Crippen molar-refractivity contribution in [3.05, 3.63) is 59.9 Å². The van der Waals surface area contributed by atoms with Crippen molar-refractivity contribution in [1.82, 2.24) is 9.55 Å². The van der Waals surface area contributed by atoms with E-state index < -0.39 is 6.10 Å². The lowest BCUT2D eigenvalue weighted by molar-refractivity contribution is 0.174. The van der Waals surface area contributed by atoms with Crippen LogP contribution in [0.25, 0.3) is 11.0 Å². The summed E-state index contributed by atoms with van der Waals surface area (Å²) in [7, 11) is 3.60. The molecule has 2 aromatic carbocycles. The third kappa shape index (κ3) is 2.62. The number of nitrogens with zero attached hydrogens (tertiary/aromatic N) is 2. The number of hydrogen-bond acceptors (Lipinski definition) is 3. The Hall–Kier alpha value is -2.33. The van der Waals surface area contributed by atoms with Gasteiger partial charge in [0, 0.05) is 13.5 Å². The van der Waals surface area contributed by atoms with E-state index in [-0.39, 0.29) is 0 Å². The van der Waals surface area contributed by atoms with E-state index in [4.69, 9.17) is 4.74 Å². The molecule has 0 fully saturated rings. The van der Waals surface area contributed by atoms with Crippen molar-refractivity contribution in [2.45, 2.75) is 12.5 Å². The summed E-state index contributed by atoms with van der Waals surface area (Å²) in [6, 6.07) is 15.5. The van der Waals surface area contributed by atoms with Crippen molar-refractivity contribution in [3.63, 3.8) is 0 Å². The molecule has 0 aliphatic heterocycles. The van der Waals surface area contributed by atoms with Gasteiger partial charge in [0.25, 0.3) is 0 Å². The Balaban J connectivity index is 1.88. The highest BCUT2D eigenvalue weighted by Gasteiger charge is 2.14. The molecule has 0 spiro atoms. The Labute approximate surface area is 123 Å². The second kappa shape index (κ2) is 5.58. The Morgan fingerprint density at radius 1 is 1.19 bits per heavy atom. The number of imidazole rings is 1. The first-order valence-corrected chi connectivity index (χ1v) is 6.91. The van der Waals surface area contributed by atoms with Gasteiger partial charge in [0.05, 0.1) is 24.2 Å². The summed E-state index contributed by atoms with van der Waals surface area (Å²) in [6.07, 6.45) is -0.131. The second-order valence-electron chi connectivity index (χ2n) is 5.07. The van der Waals surface area contributed by atoms with Crippen LogP contribution in [0.3, 0.4) is 0 Å². The first-order valence-electron chi connectivity index (χ1n) is 6.91. The lowest BCUT2D eigenvalue weighted by Gasteiger charge is -2.12. The topological polar surface area (TPSA) is 47.3 Å². The molecule has 0 bridgehead atoms. The van der Waals surface area contributed by atoms with Crippen LogP contribution in [0.5, 0.6) is 5.75 Å². The van der Waals surface area contributed by atoms with Crippen LogP contribution in [-0.2, 0) is 13.5 Å². The number of hydrogen-bond donors (Lipinski definition) is 1. The molecule has 4 heteroatoms. The summed E-state index contributed by atoms with van der Waals surface area (Å²) in [5.74, 6) is 1.61. The van der Waals surface area contributed by atoms with Crippen LogP contribution in [0, 0.1) is 0 Å². The van der Waals surface area contributed by atoms with E-state index in [0.717, 1.165) is 28.2 Å². The van der Waals surface area contributed by atoms with E-state index in [1.54, 1.807) is 7.11 Å². The molecule has 0 saturated carbocycles. The lowest BCUT2D eigenvalue weighted by Crippen LogP contribution is -2.07. The zero-order chi connectivity index (χ0) is 14.8. The van der Waals surface area contributed by atoms with E-state index in [2.05, 4.69) is 4.98 Å². The number of aromatic nitrogens is 2. The summed E-state index contributed by atoms with van der Waals surface area (Å²) in [6.45, 7) is 0. The molecular weight excluding hydrogens is 264 g/mol. The summed E-state index contributed by atoms with van der Waals surface area (Å²) in [4.78, 5) is 4.59. The number of aliphatic hydroxyl groups excluding tert-OH is 1. The highest BCUT2D eigenvalue weighted by Crippen LogP contribution is 2.23. The van der Waals surface area contributed by atoms with Crippen molar-refractivity contribution >= 4 is 11.0 Å². The van der Waals surface area contributed by atoms with Crippen molar-refractivity contribution in [1.29, 1.82) is 0 Å². The number of benzene rings is 2. The third-order valence-electron chi connectivity index (χ3n) is 3.73. The number of aliphatic hydroxyl groups is 1. The van der Waals surface area contributed by atoms with E-state index in [9.17, 15) is 5.11 Å². The minimum Gasteiger partial charge on any atom is -0.497 e. The van der Waals surface area contributed by atoms with Crippen LogP contribution < -0.4 is 4.74 Å². The average Bonchev–Trinajstić information content (AvgIpc) is 2.84. The highest BCUT2D eigenvalue weighted by atomic mass is 16.5. The summed E-state index contributed by atoms with van der Waals surface area (Å²) in [5.41, 5.74) is 2.86. The fourth-order valence-electron chi connectivity index (χ4n) is 2.52. The smallest absolute Gasteiger partial charge is 0.119 e. The van der Waals surface area contributed by atoms with Gasteiger partial charge in [-0.15, -0.1) is 0 Å². The molecule has 3 aromatic rings. The van der Waals surface area contributed by atoms with Gasteiger partial charge in [-0.3, -0.25) is 0 Å². The van der Waals surface area contributed by atoms with Gasteiger partial charge >= 0.3 is 0 Å². The van der Waals surface area contributed by atoms with Crippen LogP contribution in [0.15, 0.2) is 48.5 Å². The fourth-order valence-corrected chi connectivity index (χ4v) is 2.52. The summed E-state index contributed by atoms with van der Waals surface area (Å²) < 4.78 is 7.22. The SMILES string of the molecule is COc1cccc(C(O)Cc2nc3ccccc3n2C)c1. The van der Waals surface area contributed by atoms with Gasteiger partial charge < -0.3 is 14.4 Å². The molecule has 0 radical (unpaired) electrons. The standard InChI is InChI=1S/C17H18N2O2/c1-19-15-9-4-3-8-14(15)18-17(19)11-16(20)12-6-5-7-13(10-12)21-2/h3-10,16,20H,11H2,1-2H3. The van der Waals surface area contributed by atoms with Gasteiger partial charge in [0.2, 0.25) is 0 Å². The zero-order valence-electron chi connectivity index (χ0n) is 12.2. The van der Waals surface area contributed by atoms with Crippen LogP contribution in [-0.4, -0.2) is 21.8 Å². The van der Waals surface area contributed by atoms with Gasteiger partial charge in [0.1, 0.15) is 11.6 Å². The van der Waals surface area contributed by atoms with Gasteiger partial charge in [0.15, 0.2) is 0 Å². The minimum atomic E-state index is -0.601. The maximum absolute atomic E-state index is 10.4. The fraction of sp³-hybridized carbons (Fsp3) is 0.235. The molecule has 1 aromatic heterocycles. The van der Waals surface area contributed by atoms with Crippen LogP contribution in [0.4, 0.5) is 0 Å². The predicted molar refractivity (Wildman–Crippen MR) is 82.4 cm³/mol. The molecule has 21 heavy (non-hydrogen) atoms. The molecule has 0 aliphatic rings. The van der Waals surface area contributed by atoms with Crippen molar-refractivity contribution in [2.24, 2.45) is 7.05 Å². The summed E-state index contributed by atoms with van der Waals surface area (Å²) in [5, 5.41) is 10.4. The molecular formula is C17H18N2O2. The van der Waals surface area contributed by atoms with Gasteiger partial charge in [-0.25, -0.2) is 4.98 Å². The minimum absolute atomic E-state index is 0.471. The monoisotopic (exact) mass is 282 g/mol. The number of rotatable bonds is 4. The lowest BCUT2D eigenvalue weighted by atomic mass is 10.1. The number of ether oxygens (including phenoxy) is 1. The first kappa shape index (κ1) is 13.6. The van der Waals surface area contributed by atoms with Crippen molar-refractivity contribution in [2.75, 3.05) is 7.11 Å². The molecule has 108 valence electrons. The number of methoxy groups -OCH3 is 1.